The summed E-state index contributed by atoms with van der Waals surface area (Å²) in [5.74, 6) is 0. The van der Waals surface area contributed by atoms with Gasteiger partial charge in [0.2, 0.25) is 0 Å². The average Bonchev–Trinajstić information content (AvgIpc) is 2.74. The minimum Gasteiger partial charge on any atom is -0.410 e. The van der Waals surface area contributed by atoms with E-state index in [9.17, 15) is 5.11 Å². The predicted molar refractivity (Wildman–Crippen MR) is 108 cm³/mol. The Kier molecular flexibility index (Phi) is 8.22. The quantitative estimate of drug-likeness (QED) is 0.272. The van der Waals surface area contributed by atoms with Gasteiger partial charge in [-0.2, -0.15) is 0 Å². The van der Waals surface area contributed by atoms with Crippen molar-refractivity contribution in [2.75, 3.05) is 0 Å². The fraction of sp³-hybridized carbons (Fsp3) is 0.905. The number of rotatable bonds is 10. The minimum atomic E-state index is -1.79. The van der Waals surface area contributed by atoms with Gasteiger partial charge < -0.3 is 9.53 Å². The molecule has 142 valence electrons. The van der Waals surface area contributed by atoms with Gasteiger partial charge >= 0.3 is 0 Å². The van der Waals surface area contributed by atoms with Crippen LogP contribution in [-0.2, 0) is 4.43 Å². The van der Waals surface area contributed by atoms with Crippen molar-refractivity contribution in [2.24, 2.45) is 0 Å². The third-order valence-electron chi connectivity index (χ3n) is 6.02. The molecular weight excluding hydrogens is 312 g/mol. The highest BCUT2D eigenvalue weighted by molar-refractivity contribution is 6.74. The van der Waals surface area contributed by atoms with E-state index in [2.05, 4.69) is 53.8 Å². The molecule has 24 heavy (non-hydrogen) atoms. The van der Waals surface area contributed by atoms with Crippen LogP contribution >= 0.6 is 0 Å². The van der Waals surface area contributed by atoms with Crippen LogP contribution in [0.1, 0.15) is 92.4 Å². The van der Waals surface area contributed by atoms with Crippen LogP contribution in [0.25, 0.3) is 0 Å². The van der Waals surface area contributed by atoms with Gasteiger partial charge in [-0.3, -0.25) is 0 Å². The van der Waals surface area contributed by atoms with Crippen LogP contribution in [0.4, 0.5) is 0 Å². The normalized spacial score (nSPS) is 25.2. The van der Waals surface area contributed by atoms with Gasteiger partial charge in [-0.15, -0.1) is 0 Å². The molecular formula is C21H42O2Si. The van der Waals surface area contributed by atoms with Gasteiger partial charge in [-0.25, -0.2) is 0 Å². The van der Waals surface area contributed by atoms with Crippen LogP contribution in [-0.4, -0.2) is 25.1 Å². The van der Waals surface area contributed by atoms with Crippen molar-refractivity contribution >= 4 is 8.32 Å². The van der Waals surface area contributed by atoms with E-state index in [1.54, 1.807) is 0 Å². The Morgan fingerprint density at radius 3 is 2.25 bits per heavy atom. The molecule has 0 fully saturated rings. The van der Waals surface area contributed by atoms with Gasteiger partial charge in [0.1, 0.15) is 0 Å². The molecule has 0 bridgehead atoms. The molecule has 1 rings (SSSR count). The number of aliphatic hydroxyl groups is 1. The standard InChI is InChI=1S/C21H42O2Si/c1-8-10-12-14-18-16-19(23-24(6,7)20(3,4)5)17-21(18,22)15-13-11-9-2/h16,19,22H,8-15,17H2,1-7H3. The van der Waals surface area contributed by atoms with Crippen LogP contribution in [0.2, 0.25) is 18.1 Å². The highest BCUT2D eigenvalue weighted by atomic mass is 28.4. The Hall–Kier alpha value is -0.123. The summed E-state index contributed by atoms with van der Waals surface area (Å²) in [7, 11) is -1.79. The fourth-order valence-corrected chi connectivity index (χ4v) is 4.61. The zero-order valence-electron chi connectivity index (χ0n) is 17.4. The molecule has 1 aliphatic carbocycles. The third kappa shape index (κ3) is 6.00. The second kappa shape index (κ2) is 9.00. The summed E-state index contributed by atoms with van der Waals surface area (Å²) in [4.78, 5) is 0. The summed E-state index contributed by atoms with van der Waals surface area (Å²) in [6.07, 6.45) is 12.3. The minimum absolute atomic E-state index is 0.106. The van der Waals surface area contributed by atoms with Crippen molar-refractivity contribution in [1.29, 1.82) is 0 Å². The molecule has 2 nitrogen and oxygen atoms in total. The lowest BCUT2D eigenvalue weighted by Crippen LogP contribution is -2.44. The molecule has 1 N–H and O–H groups in total. The van der Waals surface area contributed by atoms with E-state index in [0.717, 1.165) is 25.7 Å². The van der Waals surface area contributed by atoms with Gasteiger partial charge in [0.05, 0.1) is 11.7 Å². The largest absolute Gasteiger partial charge is 0.410 e. The molecule has 0 spiro atoms. The predicted octanol–water partition coefficient (Wildman–Crippen LogP) is 6.60. The molecule has 0 aromatic heterocycles. The second-order valence-corrected chi connectivity index (χ2v) is 14.0. The SMILES string of the molecule is CCCCCC1=CC(O[Si](C)(C)C(C)(C)C)CC1(O)CCCCC. The highest BCUT2D eigenvalue weighted by Gasteiger charge is 2.44. The van der Waals surface area contributed by atoms with Crippen LogP contribution in [0.15, 0.2) is 11.6 Å². The van der Waals surface area contributed by atoms with Crippen LogP contribution in [0, 0.1) is 0 Å². The van der Waals surface area contributed by atoms with Crippen LogP contribution in [0.3, 0.4) is 0 Å². The Morgan fingerprint density at radius 1 is 1.12 bits per heavy atom. The van der Waals surface area contributed by atoms with Gasteiger partial charge in [-0.1, -0.05) is 72.8 Å². The molecule has 0 aliphatic heterocycles. The zero-order chi connectivity index (χ0) is 18.4. The Balaban J connectivity index is 2.81. The molecule has 1 aliphatic rings. The molecule has 0 amide bonds. The topological polar surface area (TPSA) is 29.5 Å². The van der Waals surface area contributed by atoms with Crippen molar-refractivity contribution in [3.8, 4) is 0 Å². The van der Waals surface area contributed by atoms with Crippen LogP contribution < -0.4 is 0 Å². The lowest BCUT2D eigenvalue weighted by molar-refractivity contribution is 0.0396. The van der Waals surface area contributed by atoms with E-state index in [1.165, 1.54) is 37.7 Å². The molecule has 0 aromatic carbocycles. The average molecular weight is 355 g/mol. The Labute approximate surface area is 152 Å². The van der Waals surface area contributed by atoms with Crippen molar-refractivity contribution < 1.29 is 9.53 Å². The van der Waals surface area contributed by atoms with Crippen molar-refractivity contribution in [2.45, 2.75) is 122 Å². The smallest absolute Gasteiger partial charge is 0.192 e. The third-order valence-corrected chi connectivity index (χ3v) is 10.5. The van der Waals surface area contributed by atoms with Crippen molar-refractivity contribution in [3.63, 3.8) is 0 Å². The van der Waals surface area contributed by atoms with Crippen molar-refractivity contribution in [3.05, 3.63) is 11.6 Å². The van der Waals surface area contributed by atoms with E-state index in [1.807, 2.05) is 0 Å². The van der Waals surface area contributed by atoms with E-state index in [-0.39, 0.29) is 11.1 Å². The number of unbranched alkanes of at least 4 members (excludes halogenated alkanes) is 4. The first kappa shape index (κ1) is 21.9. The Morgan fingerprint density at radius 2 is 1.71 bits per heavy atom. The number of hydrogen-bond donors (Lipinski definition) is 1. The molecule has 0 saturated carbocycles. The summed E-state index contributed by atoms with van der Waals surface area (Å²) >= 11 is 0. The van der Waals surface area contributed by atoms with E-state index >= 15 is 0 Å². The summed E-state index contributed by atoms with van der Waals surface area (Å²) in [5, 5.41) is 11.5. The Bertz CT molecular complexity index is 409. The molecule has 0 aromatic rings. The fourth-order valence-electron chi connectivity index (χ4n) is 3.34. The molecule has 2 atom stereocenters. The van der Waals surface area contributed by atoms with E-state index in [4.69, 9.17) is 4.43 Å². The second-order valence-electron chi connectivity index (χ2n) is 9.26. The maximum atomic E-state index is 11.3. The lowest BCUT2D eigenvalue weighted by atomic mass is 9.86. The molecule has 0 radical (unpaired) electrons. The molecule has 0 heterocycles. The molecule has 2 unspecified atom stereocenters. The first-order chi connectivity index (χ1) is 11.1. The van der Waals surface area contributed by atoms with E-state index in [0.29, 0.717) is 0 Å². The number of hydrogen-bond acceptors (Lipinski definition) is 2. The maximum absolute atomic E-state index is 11.3. The first-order valence-electron chi connectivity index (χ1n) is 10.2. The monoisotopic (exact) mass is 354 g/mol. The van der Waals surface area contributed by atoms with Gasteiger partial charge in [-0.05, 0) is 43.0 Å². The van der Waals surface area contributed by atoms with E-state index < -0.39 is 13.9 Å². The maximum Gasteiger partial charge on any atom is 0.192 e. The summed E-state index contributed by atoms with van der Waals surface area (Å²) in [5.41, 5.74) is 0.645. The van der Waals surface area contributed by atoms with Gasteiger partial charge in [0.15, 0.2) is 8.32 Å². The summed E-state index contributed by atoms with van der Waals surface area (Å²) in [6, 6.07) is 0. The molecule has 0 saturated heterocycles. The lowest BCUT2D eigenvalue weighted by Gasteiger charge is -2.38. The summed E-state index contributed by atoms with van der Waals surface area (Å²) in [6.45, 7) is 15.9. The highest BCUT2D eigenvalue weighted by Crippen LogP contribution is 2.43. The zero-order valence-corrected chi connectivity index (χ0v) is 18.4. The van der Waals surface area contributed by atoms with Gasteiger partial charge in [0, 0.05) is 6.42 Å². The summed E-state index contributed by atoms with van der Waals surface area (Å²) < 4.78 is 6.60. The van der Waals surface area contributed by atoms with Crippen molar-refractivity contribution in [1.82, 2.24) is 0 Å². The van der Waals surface area contributed by atoms with Gasteiger partial charge in [0.25, 0.3) is 0 Å². The molecule has 3 heteroatoms. The first-order valence-corrected chi connectivity index (χ1v) is 13.1. The van der Waals surface area contributed by atoms with Crippen LogP contribution in [0.5, 0.6) is 0 Å².